The maximum absolute atomic E-state index is 14.2. The number of hydrogen-bond donors (Lipinski definition) is 0. The molecule has 4 rings (SSSR count). The molecule has 0 bridgehead atoms. The fourth-order valence-electron chi connectivity index (χ4n) is 4.84. The summed E-state index contributed by atoms with van der Waals surface area (Å²) in [6.07, 6.45) is 2.79. The number of benzene rings is 2. The van der Waals surface area contributed by atoms with E-state index in [-0.39, 0.29) is 23.5 Å². The molecule has 2 aromatic rings. The van der Waals surface area contributed by atoms with Crippen LogP contribution in [0, 0.1) is 11.6 Å². The van der Waals surface area contributed by atoms with Gasteiger partial charge in [0.1, 0.15) is 11.6 Å². The number of rotatable bonds is 5. The molecule has 0 saturated carbocycles. The minimum Gasteiger partial charge on any atom is -0.311 e. The van der Waals surface area contributed by atoms with Gasteiger partial charge in [0.05, 0.1) is 12.2 Å². The fraction of sp³-hybridized carbons (Fsp3) is 0.480. The molecule has 2 heterocycles. The van der Waals surface area contributed by atoms with E-state index >= 15 is 0 Å². The predicted octanol–water partition coefficient (Wildman–Crippen LogP) is 4.25. The van der Waals surface area contributed by atoms with Gasteiger partial charge in [-0.1, -0.05) is 25.1 Å². The molecule has 1 unspecified atom stereocenters. The summed E-state index contributed by atoms with van der Waals surface area (Å²) >= 11 is 0. The molecule has 6 heteroatoms. The van der Waals surface area contributed by atoms with Gasteiger partial charge in [-0.15, -0.1) is 0 Å². The van der Waals surface area contributed by atoms with E-state index in [1.54, 1.807) is 23.1 Å². The van der Waals surface area contributed by atoms with Crippen molar-refractivity contribution < 1.29 is 13.6 Å². The Morgan fingerprint density at radius 3 is 2.32 bits per heavy atom. The summed E-state index contributed by atoms with van der Waals surface area (Å²) in [4.78, 5) is 19.7. The molecule has 4 nitrogen and oxygen atoms in total. The van der Waals surface area contributed by atoms with Crippen molar-refractivity contribution >= 4 is 11.6 Å². The third kappa shape index (κ3) is 5.13. The highest BCUT2D eigenvalue weighted by Gasteiger charge is 2.29. The molecule has 2 aliphatic rings. The summed E-state index contributed by atoms with van der Waals surface area (Å²) < 4.78 is 27.6. The van der Waals surface area contributed by atoms with Gasteiger partial charge in [-0.2, -0.15) is 0 Å². The molecule has 2 aromatic carbocycles. The quantitative estimate of drug-likeness (QED) is 0.714. The van der Waals surface area contributed by atoms with E-state index in [0.717, 1.165) is 63.1 Å². The molecular weight excluding hydrogens is 396 g/mol. The average Bonchev–Trinajstić information content (AvgIpc) is 2.95. The molecule has 0 aliphatic carbocycles. The second kappa shape index (κ2) is 9.88. The van der Waals surface area contributed by atoms with Crippen molar-refractivity contribution in [2.75, 3.05) is 50.7 Å². The Bertz CT molecular complexity index is 894. The molecule has 166 valence electrons. The normalized spacial score (nSPS) is 20.4. The number of amides is 1. The van der Waals surface area contributed by atoms with Gasteiger partial charge < -0.3 is 9.80 Å². The van der Waals surface area contributed by atoms with E-state index in [2.05, 4.69) is 16.7 Å². The second-order valence-corrected chi connectivity index (χ2v) is 8.61. The van der Waals surface area contributed by atoms with Gasteiger partial charge in [0.25, 0.3) is 0 Å². The van der Waals surface area contributed by atoms with Crippen LogP contribution in [0.15, 0.2) is 42.5 Å². The zero-order valence-corrected chi connectivity index (χ0v) is 18.2. The summed E-state index contributed by atoms with van der Waals surface area (Å²) in [7, 11) is 0. The molecule has 1 saturated heterocycles. The standard InChI is InChI=1S/C25H31F2N3O/c1-2-11-28-13-15-29(16-14-28)18-25(31)30-12-3-4-22(19-5-7-20(26)8-6-19)23-10-9-21(27)17-24(23)30/h5-10,17,22H,2-4,11-16,18H2,1H3. The van der Waals surface area contributed by atoms with Crippen LogP contribution in [-0.4, -0.2) is 61.5 Å². The van der Waals surface area contributed by atoms with Crippen molar-refractivity contribution in [3.8, 4) is 0 Å². The number of carbonyl (C=O) groups is 1. The minimum atomic E-state index is -0.343. The van der Waals surface area contributed by atoms with Crippen molar-refractivity contribution in [2.24, 2.45) is 0 Å². The summed E-state index contributed by atoms with van der Waals surface area (Å²) in [5, 5.41) is 0. The van der Waals surface area contributed by atoms with Crippen LogP contribution >= 0.6 is 0 Å². The van der Waals surface area contributed by atoms with Gasteiger partial charge in [0.15, 0.2) is 0 Å². The highest BCUT2D eigenvalue weighted by molar-refractivity contribution is 5.96. The Kier molecular flexibility index (Phi) is 6.98. The van der Waals surface area contributed by atoms with E-state index in [0.29, 0.717) is 18.8 Å². The van der Waals surface area contributed by atoms with E-state index in [1.165, 1.54) is 24.3 Å². The van der Waals surface area contributed by atoms with Crippen molar-refractivity contribution in [3.63, 3.8) is 0 Å². The smallest absolute Gasteiger partial charge is 0.241 e. The van der Waals surface area contributed by atoms with Gasteiger partial charge >= 0.3 is 0 Å². The minimum absolute atomic E-state index is 0.0200. The first-order valence-corrected chi connectivity index (χ1v) is 11.3. The number of anilines is 1. The number of carbonyl (C=O) groups excluding carboxylic acids is 1. The Labute approximate surface area is 183 Å². The maximum Gasteiger partial charge on any atom is 0.241 e. The molecule has 0 aromatic heterocycles. The summed E-state index contributed by atoms with van der Waals surface area (Å²) in [5.41, 5.74) is 2.59. The lowest BCUT2D eigenvalue weighted by Gasteiger charge is -2.35. The number of fused-ring (bicyclic) bond motifs is 1. The zero-order valence-electron chi connectivity index (χ0n) is 18.2. The Morgan fingerprint density at radius 2 is 1.61 bits per heavy atom. The van der Waals surface area contributed by atoms with Crippen LogP contribution in [0.25, 0.3) is 0 Å². The molecule has 0 spiro atoms. The van der Waals surface area contributed by atoms with Crippen molar-refractivity contribution in [1.82, 2.24) is 9.80 Å². The van der Waals surface area contributed by atoms with Crippen molar-refractivity contribution in [3.05, 3.63) is 65.2 Å². The van der Waals surface area contributed by atoms with Gasteiger partial charge in [-0.05, 0) is 61.2 Å². The van der Waals surface area contributed by atoms with E-state index in [9.17, 15) is 13.6 Å². The van der Waals surface area contributed by atoms with E-state index in [1.807, 2.05) is 0 Å². The Morgan fingerprint density at radius 1 is 0.935 bits per heavy atom. The Hall–Kier alpha value is -2.31. The third-order valence-corrected chi connectivity index (χ3v) is 6.47. The van der Waals surface area contributed by atoms with Gasteiger partial charge in [0.2, 0.25) is 5.91 Å². The molecular formula is C25H31F2N3O. The molecule has 0 radical (unpaired) electrons. The van der Waals surface area contributed by atoms with E-state index < -0.39 is 0 Å². The summed E-state index contributed by atoms with van der Waals surface area (Å²) in [6.45, 7) is 7.95. The lowest BCUT2D eigenvalue weighted by molar-refractivity contribution is -0.120. The van der Waals surface area contributed by atoms with Crippen LogP contribution in [0.4, 0.5) is 14.5 Å². The van der Waals surface area contributed by atoms with Gasteiger partial charge in [-0.3, -0.25) is 9.69 Å². The van der Waals surface area contributed by atoms with Gasteiger partial charge in [0, 0.05) is 38.6 Å². The van der Waals surface area contributed by atoms with Crippen LogP contribution in [0.1, 0.15) is 43.2 Å². The number of halogens is 2. The number of nitrogens with zero attached hydrogens (tertiary/aromatic N) is 3. The number of hydrogen-bond acceptors (Lipinski definition) is 3. The topological polar surface area (TPSA) is 26.8 Å². The maximum atomic E-state index is 14.2. The molecule has 0 N–H and O–H groups in total. The lowest BCUT2D eigenvalue weighted by atomic mass is 9.87. The highest BCUT2D eigenvalue weighted by atomic mass is 19.1. The monoisotopic (exact) mass is 427 g/mol. The number of piperazine rings is 1. The molecule has 1 atom stereocenters. The largest absolute Gasteiger partial charge is 0.311 e. The van der Waals surface area contributed by atoms with Crippen LogP contribution in [0.2, 0.25) is 0 Å². The zero-order chi connectivity index (χ0) is 21.8. The van der Waals surface area contributed by atoms with Crippen LogP contribution in [-0.2, 0) is 4.79 Å². The first-order chi connectivity index (χ1) is 15.0. The first-order valence-electron chi connectivity index (χ1n) is 11.3. The van der Waals surface area contributed by atoms with Crippen molar-refractivity contribution in [2.45, 2.75) is 32.1 Å². The lowest BCUT2D eigenvalue weighted by Crippen LogP contribution is -2.50. The predicted molar refractivity (Wildman–Crippen MR) is 119 cm³/mol. The average molecular weight is 428 g/mol. The SMILES string of the molecule is CCCN1CCN(CC(=O)N2CCCC(c3ccc(F)cc3)c3ccc(F)cc32)CC1. The second-order valence-electron chi connectivity index (χ2n) is 8.61. The summed E-state index contributed by atoms with van der Waals surface area (Å²) in [5.74, 6) is -0.570. The first kappa shape index (κ1) is 21.9. The van der Waals surface area contributed by atoms with Crippen LogP contribution in [0.3, 0.4) is 0 Å². The van der Waals surface area contributed by atoms with Crippen molar-refractivity contribution in [1.29, 1.82) is 0 Å². The Balaban J connectivity index is 1.54. The molecule has 2 aliphatic heterocycles. The fourth-order valence-corrected chi connectivity index (χ4v) is 4.84. The van der Waals surface area contributed by atoms with Crippen LogP contribution < -0.4 is 4.90 Å². The van der Waals surface area contributed by atoms with Crippen LogP contribution in [0.5, 0.6) is 0 Å². The molecule has 1 amide bonds. The van der Waals surface area contributed by atoms with Gasteiger partial charge in [-0.25, -0.2) is 8.78 Å². The summed E-state index contributed by atoms with van der Waals surface area (Å²) in [6, 6.07) is 11.2. The molecule has 1 fully saturated rings. The third-order valence-electron chi connectivity index (χ3n) is 6.47. The van der Waals surface area contributed by atoms with E-state index in [4.69, 9.17) is 0 Å². The highest BCUT2D eigenvalue weighted by Crippen LogP contribution is 2.39. The molecule has 31 heavy (non-hydrogen) atoms.